The lowest BCUT2D eigenvalue weighted by molar-refractivity contribution is -0.116. The molecule has 2 atom stereocenters. The van der Waals surface area contributed by atoms with Crippen LogP contribution in [0.5, 0.6) is 0 Å². The maximum Gasteiger partial charge on any atom is 0.243 e. The first kappa shape index (κ1) is 30.2. The van der Waals surface area contributed by atoms with E-state index in [2.05, 4.69) is 19.2 Å². The Morgan fingerprint density at radius 2 is 1.03 bits per heavy atom. The number of carbonyl (C=O) groups excluding carboxylic acids is 1. The minimum atomic E-state index is 0.0768. The van der Waals surface area contributed by atoms with E-state index in [0.29, 0.717) is 0 Å². The predicted octanol–water partition coefficient (Wildman–Crippen LogP) is 9.92. The molecule has 194 valence electrons. The smallest absolute Gasteiger partial charge is 0.243 e. The first-order chi connectivity index (χ1) is 16.2. The van der Waals surface area contributed by atoms with Crippen LogP contribution in [0.4, 0.5) is 0 Å². The van der Waals surface area contributed by atoms with E-state index >= 15 is 0 Å². The molecule has 0 aliphatic heterocycles. The van der Waals surface area contributed by atoms with Crippen molar-refractivity contribution in [1.82, 2.24) is 5.32 Å². The molecule has 0 aromatic rings. The van der Waals surface area contributed by atoms with Gasteiger partial charge in [0.15, 0.2) is 0 Å². The largest absolute Gasteiger partial charge is 0.356 e. The van der Waals surface area contributed by atoms with E-state index in [1.807, 2.05) is 6.08 Å². The first-order valence-electron chi connectivity index (χ1n) is 15.1. The van der Waals surface area contributed by atoms with E-state index in [4.69, 9.17) is 0 Å². The zero-order chi connectivity index (χ0) is 24.0. The highest BCUT2D eigenvalue weighted by molar-refractivity contribution is 5.87. The van der Waals surface area contributed by atoms with Gasteiger partial charge in [-0.15, -0.1) is 0 Å². The lowest BCUT2D eigenvalue weighted by atomic mass is 9.98. The molecule has 2 unspecified atom stereocenters. The Balaban J connectivity index is 2.00. The van der Waals surface area contributed by atoms with Gasteiger partial charge in [0.05, 0.1) is 0 Å². The van der Waals surface area contributed by atoms with Gasteiger partial charge in [-0.2, -0.15) is 0 Å². The summed E-state index contributed by atoms with van der Waals surface area (Å²) in [5.74, 6) is 2.23. The van der Waals surface area contributed by atoms with Gasteiger partial charge >= 0.3 is 0 Å². The molecule has 0 aromatic heterocycles. The quantitative estimate of drug-likeness (QED) is 0.112. The number of hydrogen-bond acceptors (Lipinski definition) is 1. The number of carbonyl (C=O) groups is 1. The minimum absolute atomic E-state index is 0.0768. The summed E-state index contributed by atoms with van der Waals surface area (Å²) in [4.78, 5) is 11.8. The maximum atomic E-state index is 11.8. The van der Waals surface area contributed by atoms with Crippen LogP contribution in [-0.2, 0) is 4.79 Å². The second-order valence-corrected chi connectivity index (χ2v) is 10.9. The van der Waals surface area contributed by atoms with Crippen molar-refractivity contribution in [3.8, 4) is 0 Å². The van der Waals surface area contributed by atoms with Gasteiger partial charge in [-0.1, -0.05) is 135 Å². The highest BCUT2D eigenvalue weighted by atomic mass is 16.1. The van der Waals surface area contributed by atoms with Gasteiger partial charge in [-0.3, -0.25) is 4.79 Å². The summed E-state index contributed by atoms with van der Waals surface area (Å²) in [6.07, 6.45) is 33.5. The van der Waals surface area contributed by atoms with Crippen molar-refractivity contribution in [3.63, 3.8) is 0 Å². The number of likely N-dealkylation sites (N-methyl/N-ethyl adjacent to an activating group) is 1. The fourth-order valence-electron chi connectivity index (χ4n) is 5.33. The molecule has 2 heteroatoms. The lowest BCUT2D eigenvalue weighted by Crippen LogP contribution is -2.15. The average Bonchev–Trinajstić information content (AvgIpc) is 3.57. The number of unbranched alkanes of at least 4 members (excludes halogenated alkanes) is 15. The fourth-order valence-corrected chi connectivity index (χ4v) is 5.33. The molecule has 0 heterocycles. The molecule has 1 saturated carbocycles. The van der Waals surface area contributed by atoms with E-state index in [-0.39, 0.29) is 5.91 Å². The Bertz CT molecular complexity index is 483. The monoisotopic (exact) mass is 461 g/mol. The Labute approximate surface area is 208 Å². The number of amides is 1. The van der Waals surface area contributed by atoms with Crippen molar-refractivity contribution in [2.75, 3.05) is 7.05 Å². The summed E-state index contributed by atoms with van der Waals surface area (Å²) in [6, 6.07) is 0. The van der Waals surface area contributed by atoms with Crippen LogP contribution in [0.15, 0.2) is 11.6 Å². The van der Waals surface area contributed by atoms with Crippen LogP contribution in [0.25, 0.3) is 0 Å². The van der Waals surface area contributed by atoms with E-state index in [1.165, 1.54) is 140 Å². The van der Waals surface area contributed by atoms with E-state index in [0.717, 1.165) is 24.7 Å². The normalized spacial score (nSPS) is 18.0. The third kappa shape index (κ3) is 18.2. The van der Waals surface area contributed by atoms with Crippen LogP contribution in [-0.4, -0.2) is 13.0 Å². The van der Waals surface area contributed by atoms with Crippen molar-refractivity contribution in [2.24, 2.45) is 11.8 Å². The number of allylic oxidation sites excluding steroid dienone is 1. The number of rotatable bonds is 24. The zero-order valence-corrected chi connectivity index (χ0v) is 22.9. The van der Waals surface area contributed by atoms with Crippen LogP contribution in [0.2, 0.25) is 0 Å². The minimum Gasteiger partial charge on any atom is -0.356 e. The summed E-state index contributed by atoms with van der Waals surface area (Å²) in [6.45, 7) is 4.57. The number of nitrogens with one attached hydrogen (secondary N) is 1. The second kappa shape index (κ2) is 21.7. The molecule has 0 bridgehead atoms. The van der Waals surface area contributed by atoms with Gasteiger partial charge in [0.2, 0.25) is 5.91 Å². The highest BCUT2D eigenvalue weighted by Gasteiger charge is 2.34. The van der Waals surface area contributed by atoms with Crippen LogP contribution in [0.3, 0.4) is 0 Å². The molecule has 1 N–H and O–H groups in total. The molecular formula is C31H59NO. The fraction of sp³-hybridized carbons (Fsp3) is 0.903. The molecule has 0 aromatic carbocycles. The molecular weight excluding hydrogens is 402 g/mol. The third-order valence-corrected chi connectivity index (χ3v) is 7.75. The molecule has 0 spiro atoms. The molecule has 1 amide bonds. The Morgan fingerprint density at radius 1 is 0.636 bits per heavy atom. The molecule has 1 aliphatic carbocycles. The summed E-state index contributed by atoms with van der Waals surface area (Å²) in [5.41, 5.74) is 1.37. The van der Waals surface area contributed by atoms with Crippen molar-refractivity contribution >= 4 is 5.91 Å². The van der Waals surface area contributed by atoms with Crippen molar-refractivity contribution in [2.45, 2.75) is 162 Å². The Hall–Kier alpha value is -0.790. The van der Waals surface area contributed by atoms with Gasteiger partial charge in [-0.05, 0) is 43.9 Å². The highest BCUT2D eigenvalue weighted by Crippen LogP contribution is 2.45. The lowest BCUT2D eigenvalue weighted by Gasteiger charge is -2.08. The summed E-state index contributed by atoms with van der Waals surface area (Å²) < 4.78 is 0. The molecule has 0 saturated heterocycles. The van der Waals surface area contributed by atoms with Crippen LogP contribution >= 0.6 is 0 Å². The van der Waals surface area contributed by atoms with E-state index in [9.17, 15) is 4.79 Å². The maximum absolute atomic E-state index is 11.8. The Morgan fingerprint density at radius 3 is 1.45 bits per heavy atom. The van der Waals surface area contributed by atoms with Crippen molar-refractivity contribution < 1.29 is 4.79 Å². The van der Waals surface area contributed by atoms with Crippen molar-refractivity contribution in [3.05, 3.63) is 11.6 Å². The molecule has 1 aliphatic rings. The Kier molecular flexibility index (Phi) is 19.9. The second-order valence-electron chi connectivity index (χ2n) is 10.9. The molecule has 0 radical (unpaired) electrons. The van der Waals surface area contributed by atoms with E-state index < -0.39 is 0 Å². The van der Waals surface area contributed by atoms with Gasteiger partial charge in [0, 0.05) is 13.1 Å². The molecule has 1 rings (SSSR count). The zero-order valence-electron chi connectivity index (χ0n) is 22.9. The predicted molar refractivity (Wildman–Crippen MR) is 147 cm³/mol. The summed E-state index contributed by atoms with van der Waals surface area (Å²) in [5, 5.41) is 2.77. The SMILES string of the molecule is CCCCCCCCCC(=CC(=O)NC)CCCCCCCC1CC1CCCCCCCC. The number of hydrogen-bond donors (Lipinski definition) is 1. The molecule has 33 heavy (non-hydrogen) atoms. The van der Waals surface area contributed by atoms with Crippen LogP contribution in [0, 0.1) is 11.8 Å². The van der Waals surface area contributed by atoms with Gasteiger partial charge < -0.3 is 5.32 Å². The third-order valence-electron chi connectivity index (χ3n) is 7.75. The van der Waals surface area contributed by atoms with Crippen LogP contribution in [0.1, 0.15) is 162 Å². The summed E-state index contributed by atoms with van der Waals surface area (Å²) in [7, 11) is 1.74. The van der Waals surface area contributed by atoms with E-state index in [1.54, 1.807) is 7.05 Å². The van der Waals surface area contributed by atoms with Gasteiger partial charge in [-0.25, -0.2) is 0 Å². The van der Waals surface area contributed by atoms with Gasteiger partial charge in [0.1, 0.15) is 0 Å². The first-order valence-corrected chi connectivity index (χ1v) is 15.1. The molecule has 2 nitrogen and oxygen atoms in total. The molecule has 1 fully saturated rings. The topological polar surface area (TPSA) is 29.1 Å². The van der Waals surface area contributed by atoms with Crippen LogP contribution < -0.4 is 5.32 Å². The average molecular weight is 462 g/mol. The summed E-state index contributed by atoms with van der Waals surface area (Å²) >= 11 is 0. The standard InChI is InChI=1S/C31H59NO/c1-4-6-8-10-12-14-18-22-28(26-31(33)32-3)23-19-15-13-17-21-25-30-27-29(30)24-20-16-11-9-7-5-2/h26,29-30H,4-25,27H2,1-3H3,(H,32,33). The van der Waals surface area contributed by atoms with Gasteiger partial charge in [0.25, 0.3) is 0 Å². The van der Waals surface area contributed by atoms with Crippen molar-refractivity contribution in [1.29, 1.82) is 0 Å².